The van der Waals surface area contributed by atoms with E-state index in [9.17, 15) is 4.79 Å². The second-order valence-corrected chi connectivity index (χ2v) is 7.46. The molecule has 146 valence electrons. The number of nitrogens with one attached hydrogen (secondary N) is 2. The van der Waals surface area contributed by atoms with Crippen molar-refractivity contribution < 1.29 is 9.53 Å². The molecule has 1 fully saturated rings. The van der Waals surface area contributed by atoms with Crippen LogP contribution in [0.1, 0.15) is 18.4 Å². The van der Waals surface area contributed by atoms with E-state index in [-0.39, 0.29) is 5.91 Å². The van der Waals surface area contributed by atoms with E-state index in [4.69, 9.17) is 16.3 Å². The molecule has 1 aliphatic heterocycles. The zero-order valence-corrected chi connectivity index (χ0v) is 16.5. The Morgan fingerprint density at radius 3 is 2.86 bits per heavy atom. The number of anilines is 2. The number of nitrogens with zero attached hydrogens (tertiary/aromatic N) is 1. The molecular weight excluding hydrogens is 374 g/mol. The third-order valence-corrected chi connectivity index (χ3v) is 5.34. The first-order valence-electron chi connectivity index (χ1n) is 9.68. The third kappa shape index (κ3) is 4.32. The molecule has 0 aliphatic carbocycles. The lowest BCUT2D eigenvalue weighted by Crippen LogP contribution is -2.36. The summed E-state index contributed by atoms with van der Waals surface area (Å²) < 4.78 is 5.43. The van der Waals surface area contributed by atoms with Gasteiger partial charge in [0.15, 0.2) is 0 Å². The largest absolute Gasteiger partial charge is 0.378 e. The second-order valence-electron chi connectivity index (χ2n) is 7.02. The summed E-state index contributed by atoms with van der Waals surface area (Å²) in [4.78, 5) is 18.1. The van der Waals surface area contributed by atoms with Gasteiger partial charge in [0.2, 0.25) is 5.91 Å². The van der Waals surface area contributed by atoms with Gasteiger partial charge in [-0.2, -0.15) is 0 Å². The number of rotatable bonds is 6. The molecule has 0 atom stereocenters. The number of carbonyl (C=O) groups excluding carboxylic acids is 1. The van der Waals surface area contributed by atoms with Gasteiger partial charge in [-0.15, -0.1) is 0 Å². The van der Waals surface area contributed by atoms with Gasteiger partial charge in [0, 0.05) is 41.6 Å². The van der Waals surface area contributed by atoms with Crippen molar-refractivity contribution in [3.63, 3.8) is 0 Å². The predicted octanol–water partition coefficient (Wildman–Crippen LogP) is 4.62. The van der Waals surface area contributed by atoms with Crippen molar-refractivity contribution in [1.82, 2.24) is 4.98 Å². The number of morpholine rings is 1. The van der Waals surface area contributed by atoms with Crippen LogP contribution in [0.15, 0.2) is 48.7 Å². The van der Waals surface area contributed by atoms with Crippen LogP contribution in [0.5, 0.6) is 0 Å². The number of hydrogen-bond donors (Lipinski definition) is 2. The first-order valence-corrected chi connectivity index (χ1v) is 10.1. The summed E-state index contributed by atoms with van der Waals surface area (Å²) in [6, 6.07) is 13.9. The summed E-state index contributed by atoms with van der Waals surface area (Å²) >= 11 is 6.17. The monoisotopic (exact) mass is 397 g/mol. The third-order valence-electron chi connectivity index (χ3n) is 5.11. The molecule has 0 unspecified atom stereocenters. The van der Waals surface area contributed by atoms with E-state index in [0.717, 1.165) is 42.8 Å². The van der Waals surface area contributed by atoms with Crippen molar-refractivity contribution in [2.45, 2.75) is 19.3 Å². The van der Waals surface area contributed by atoms with E-state index >= 15 is 0 Å². The molecule has 5 nitrogen and oxygen atoms in total. The highest BCUT2D eigenvalue weighted by atomic mass is 35.5. The van der Waals surface area contributed by atoms with Crippen LogP contribution in [0.2, 0.25) is 5.02 Å². The number of hydrogen-bond acceptors (Lipinski definition) is 3. The number of halogens is 1. The lowest BCUT2D eigenvalue weighted by atomic mass is 10.1. The molecule has 4 rings (SSSR count). The maximum Gasteiger partial charge on any atom is 0.224 e. The van der Waals surface area contributed by atoms with Gasteiger partial charge < -0.3 is 19.9 Å². The smallest absolute Gasteiger partial charge is 0.224 e. The van der Waals surface area contributed by atoms with Crippen LogP contribution in [0.25, 0.3) is 10.9 Å². The van der Waals surface area contributed by atoms with Gasteiger partial charge in [0.1, 0.15) is 0 Å². The number of aromatic nitrogens is 1. The van der Waals surface area contributed by atoms with E-state index in [0.29, 0.717) is 24.7 Å². The number of aryl methyl sites for hydroxylation is 1. The number of benzene rings is 2. The molecule has 2 heterocycles. The highest BCUT2D eigenvalue weighted by Crippen LogP contribution is 2.30. The van der Waals surface area contributed by atoms with Crippen LogP contribution >= 0.6 is 11.6 Å². The number of aromatic amines is 1. The highest BCUT2D eigenvalue weighted by molar-refractivity contribution is 6.31. The van der Waals surface area contributed by atoms with Gasteiger partial charge in [-0.3, -0.25) is 4.79 Å². The minimum atomic E-state index is 0.0108. The average Bonchev–Trinajstić information content (AvgIpc) is 3.12. The Labute approximate surface area is 169 Å². The molecule has 2 aromatic carbocycles. The van der Waals surface area contributed by atoms with Crippen LogP contribution in [-0.4, -0.2) is 37.2 Å². The summed E-state index contributed by atoms with van der Waals surface area (Å²) in [6.07, 6.45) is 4.16. The molecule has 6 heteroatoms. The van der Waals surface area contributed by atoms with E-state index in [1.54, 1.807) is 0 Å². The summed E-state index contributed by atoms with van der Waals surface area (Å²) in [5, 5.41) is 4.90. The Morgan fingerprint density at radius 2 is 2.00 bits per heavy atom. The first kappa shape index (κ1) is 18.8. The lowest BCUT2D eigenvalue weighted by molar-refractivity contribution is -0.116. The van der Waals surface area contributed by atoms with Crippen LogP contribution < -0.4 is 10.2 Å². The minimum absolute atomic E-state index is 0.0108. The van der Waals surface area contributed by atoms with E-state index in [1.165, 1.54) is 10.9 Å². The molecular formula is C22H24ClN3O2. The average molecular weight is 398 g/mol. The molecule has 0 radical (unpaired) electrons. The number of carbonyl (C=O) groups is 1. The molecule has 28 heavy (non-hydrogen) atoms. The van der Waals surface area contributed by atoms with Crippen molar-refractivity contribution in [3.05, 3.63) is 59.2 Å². The van der Waals surface area contributed by atoms with Crippen LogP contribution in [-0.2, 0) is 16.0 Å². The summed E-state index contributed by atoms with van der Waals surface area (Å²) in [5.41, 5.74) is 4.15. The van der Waals surface area contributed by atoms with E-state index in [2.05, 4.69) is 27.3 Å². The molecule has 1 saturated heterocycles. The lowest BCUT2D eigenvalue weighted by Gasteiger charge is -2.30. The zero-order chi connectivity index (χ0) is 19.3. The SMILES string of the molecule is O=C(CCCc1c[nH]c2ccccc12)Nc1cc(Cl)ccc1N1CCOCC1. The fraction of sp³-hybridized carbons (Fsp3) is 0.318. The molecule has 0 saturated carbocycles. The second kappa shape index (κ2) is 8.67. The number of H-pyrrole nitrogens is 1. The summed E-state index contributed by atoms with van der Waals surface area (Å²) in [7, 11) is 0. The molecule has 1 aliphatic rings. The Kier molecular flexibility index (Phi) is 5.84. The summed E-state index contributed by atoms with van der Waals surface area (Å²) in [5.74, 6) is 0.0108. The predicted molar refractivity (Wildman–Crippen MR) is 114 cm³/mol. The number of para-hydroxylation sites is 1. The Hall–Kier alpha value is -2.50. The van der Waals surface area contributed by atoms with Gasteiger partial charge in [-0.05, 0) is 42.7 Å². The Balaban J connectivity index is 1.37. The van der Waals surface area contributed by atoms with Crippen molar-refractivity contribution in [2.24, 2.45) is 0 Å². The first-order chi connectivity index (χ1) is 13.7. The van der Waals surface area contributed by atoms with E-state index in [1.807, 2.05) is 36.5 Å². The molecule has 0 bridgehead atoms. The quantitative estimate of drug-likeness (QED) is 0.638. The van der Waals surface area contributed by atoms with Crippen molar-refractivity contribution in [1.29, 1.82) is 0 Å². The normalized spacial score (nSPS) is 14.4. The summed E-state index contributed by atoms with van der Waals surface area (Å²) in [6.45, 7) is 3.01. The number of ether oxygens (including phenoxy) is 1. The van der Waals surface area contributed by atoms with Crippen molar-refractivity contribution in [3.8, 4) is 0 Å². The fourth-order valence-corrected chi connectivity index (χ4v) is 3.85. The van der Waals surface area contributed by atoms with Crippen molar-refractivity contribution in [2.75, 3.05) is 36.5 Å². The van der Waals surface area contributed by atoms with Crippen LogP contribution in [0.3, 0.4) is 0 Å². The van der Waals surface area contributed by atoms with Crippen LogP contribution in [0, 0.1) is 0 Å². The standard InChI is InChI=1S/C22H24ClN3O2/c23-17-8-9-21(26-10-12-28-13-11-26)20(14-17)25-22(27)7-3-4-16-15-24-19-6-2-1-5-18(16)19/h1-2,5-6,8-9,14-15,24H,3-4,7,10-13H2,(H,25,27). The fourth-order valence-electron chi connectivity index (χ4n) is 3.68. The molecule has 3 aromatic rings. The van der Waals surface area contributed by atoms with Crippen molar-refractivity contribution >= 4 is 39.8 Å². The Morgan fingerprint density at radius 1 is 1.18 bits per heavy atom. The maximum atomic E-state index is 12.5. The molecule has 0 spiro atoms. The van der Waals surface area contributed by atoms with Gasteiger partial charge in [0.05, 0.1) is 24.6 Å². The number of amides is 1. The van der Waals surface area contributed by atoms with Gasteiger partial charge >= 0.3 is 0 Å². The molecule has 1 aromatic heterocycles. The highest BCUT2D eigenvalue weighted by Gasteiger charge is 2.16. The zero-order valence-electron chi connectivity index (χ0n) is 15.7. The minimum Gasteiger partial charge on any atom is -0.378 e. The van der Waals surface area contributed by atoms with Crippen LogP contribution in [0.4, 0.5) is 11.4 Å². The van der Waals surface area contributed by atoms with Gasteiger partial charge in [-0.25, -0.2) is 0 Å². The topological polar surface area (TPSA) is 57.4 Å². The van der Waals surface area contributed by atoms with Gasteiger partial charge in [-0.1, -0.05) is 29.8 Å². The maximum absolute atomic E-state index is 12.5. The van der Waals surface area contributed by atoms with Gasteiger partial charge in [0.25, 0.3) is 0 Å². The number of fused-ring (bicyclic) bond motifs is 1. The van der Waals surface area contributed by atoms with E-state index < -0.39 is 0 Å². The Bertz CT molecular complexity index is 963. The molecule has 1 amide bonds. The molecule has 2 N–H and O–H groups in total.